The van der Waals surface area contributed by atoms with E-state index in [9.17, 15) is 9.59 Å². The van der Waals surface area contributed by atoms with E-state index in [-0.39, 0.29) is 30.9 Å². The summed E-state index contributed by atoms with van der Waals surface area (Å²) in [5, 5.41) is 14.8. The zero-order valence-electron chi connectivity index (χ0n) is 22.5. The standard InChI is InChI=1S/C31H34N4O4/c1-4-38-28(36)18-19-32-29(37)23-14-16-26(17-15-23)33-27(20-21(2)3)22-10-12-25(13-11-22)31-35-34-30(39-31)24-8-6-5-7-9-24/h5-17,21,27,33H,4,18-20H2,1-3H3,(H,32,37)/t27-/m1/s1. The average molecular weight is 527 g/mol. The van der Waals surface area contributed by atoms with Crippen molar-refractivity contribution in [1.29, 1.82) is 0 Å². The number of hydrogen-bond donors (Lipinski definition) is 2. The third-order valence-electron chi connectivity index (χ3n) is 6.12. The number of rotatable bonds is 12. The van der Waals surface area contributed by atoms with E-state index in [1.807, 2.05) is 54.6 Å². The number of hydrogen-bond acceptors (Lipinski definition) is 7. The number of ether oxygens (including phenoxy) is 1. The van der Waals surface area contributed by atoms with Crippen LogP contribution in [0.15, 0.2) is 83.3 Å². The molecule has 0 bridgehead atoms. The lowest BCUT2D eigenvalue weighted by molar-refractivity contribution is -0.142. The van der Waals surface area contributed by atoms with Crippen molar-refractivity contribution < 1.29 is 18.7 Å². The minimum absolute atomic E-state index is 0.0749. The lowest BCUT2D eigenvalue weighted by atomic mass is 9.96. The lowest BCUT2D eigenvalue weighted by Crippen LogP contribution is -2.26. The molecular weight excluding hydrogens is 492 g/mol. The summed E-state index contributed by atoms with van der Waals surface area (Å²) in [6, 6.07) is 25.3. The SMILES string of the molecule is CCOC(=O)CCNC(=O)c1ccc(N[C@H](CC(C)C)c2ccc(-c3nnc(-c4ccccc4)o3)cc2)cc1. The van der Waals surface area contributed by atoms with Gasteiger partial charge in [0.1, 0.15) is 0 Å². The third-order valence-corrected chi connectivity index (χ3v) is 6.12. The van der Waals surface area contributed by atoms with Gasteiger partial charge in [0, 0.05) is 28.9 Å². The molecule has 0 saturated heterocycles. The molecule has 1 heterocycles. The van der Waals surface area contributed by atoms with Crippen molar-refractivity contribution in [3.05, 3.63) is 90.0 Å². The van der Waals surface area contributed by atoms with Crippen LogP contribution in [0.5, 0.6) is 0 Å². The van der Waals surface area contributed by atoms with Crippen LogP contribution < -0.4 is 10.6 Å². The Morgan fingerprint density at radius 1 is 0.872 bits per heavy atom. The molecule has 1 atom stereocenters. The third kappa shape index (κ3) is 7.77. The van der Waals surface area contributed by atoms with Crippen molar-refractivity contribution in [1.82, 2.24) is 15.5 Å². The number of benzene rings is 3. The van der Waals surface area contributed by atoms with E-state index >= 15 is 0 Å². The lowest BCUT2D eigenvalue weighted by Gasteiger charge is -2.22. The molecule has 39 heavy (non-hydrogen) atoms. The Bertz CT molecular complexity index is 1350. The molecule has 4 aromatic rings. The van der Waals surface area contributed by atoms with Gasteiger partial charge < -0.3 is 19.8 Å². The average Bonchev–Trinajstić information content (AvgIpc) is 3.44. The van der Waals surface area contributed by atoms with Gasteiger partial charge in [0.25, 0.3) is 5.91 Å². The molecule has 0 aliphatic heterocycles. The van der Waals surface area contributed by atoms with E-state index in [1.165, 1.54) is 0 Å². The Kier molecular flexibility index (Phi) is 9.45. The van der Waals surface area contributed by atoms with E-state index in [0.717, 1.165) is 28.8 Å². The highest BCUT2D eigenvalue weighted by atomic mass is 16.5. The number of carbonyl (C=O) groups is 2. The second-order valence-electron chi connectivity index (χ2n) is 9.62. The van der Waals surface area contributed by atoms with E-state index in [0.29, 0.717) is 29.9 Å². The molecule has 0 aliphatic rings. The van der Waals surface area contributed by atoms with Crippen LogP contribution in [-0.2, 0) is 9.53 Å². The molecule has 0 radical (unpaired) electrons. The largest absolute Gasteiger partial charge is 0.466 e. The first-order chi connectivity index (χ1) is 18.9. The number of amides is 1. The van der Waals surface area contributed by atoms with Crippen molar-refractivity contribution in [3.8, 4) is 22.9 Å². The molecule has 0 spiro atoms. The summed E-state index contributed by atoms with van der Waals surface area (Å²) < 4.78 is 10.8. The van der Waals surface area contributed by atoms with Crippen LogP contribution >= 0.6 is 0 Å². The van der Waals surface area contributed by atoms with Gasteiger partial charge in [-0.1, -0.05) is 44.2 Å². The van der Waals surface area contributed by atoms with Crippen molar-refractivity contribution in [3.63, 3.8) is 0 Å². The van der Waals surface area contributed by atoms with Crippen LogP contribution in [0.4, 0.5) is 5.69 Å². The molecule has 0 aliphatic carbocycles. The highest BCUT2D eigenvalue weighted by Crippen LogP contribution is 2.29. The summed E-state index contributed by atoms with van der Waals surface area (Å²) in [5.74, 6) is 0.887. The van der Waals surface area contributed by atoms with Gasteiger partial charge in [-0.3, -0.25) is 9.59 Å². The maximum Gasteiger partial charge on any atom is 0.307 e. The smallest absolute Gasteiger partial charge is 0.307 e. The fourth-order valence-corrected chi connectivity index (χ4v) is 4.18. The molecular formula is C31H34N4O4. The van der Waals surface area contributed by atoms with E-state index in [4.69, 9.17) is 9.15 Å². The minimum atomic E-state index is -0.324. The zero-order valence-corrected chi connectivity index (χ0v) is 22.5. The number of esters is 1. The molecule has 0 unspecified atom stereocenters. The second kappa shape index (κ2) is 13.4. The molecule has 2 N–H and O–H groups in total. The van der Waals surface area contributed by atoms with Crippen molar-refractivity contribution in [2.75, 3.05) is 18.5 Å². The summed E-state index contributed by atoms with van der Waals surface area (Å²) in [5.41, 5.74) is 4.32. The minimum Gasteiger partial charge on any atom is -0.466 e. The molecule has 202 valence electrons. The van der Waals surface area contributed by atoms with Gasteiger partial charge in [0.15, 0.2) is 0 Å². The fourth-order valence-electron chi connectivity index (χ4n) is 4.18. The normalized spacial score (nSPS) is 11.7. The predicted octanol–water partition coefficient (Wildman–Crippen LogP) is 6.29. The van der Waals surface area contributed by atoms with Crippen molar-refractivity contribution in [2.24, 2.45) is 5.92 Å². The molecule has 0 fully saturated rings. The first-order valence-electron chi connectivity index (χ1n) is 13.2. The van der Waals surface area contributed by atoms with Crippen LogP contribution in [0.2, 0.25) is 0 Å². The number of nitrogens with zero attached hydrogens (tertiary/aromatic N) is 2. The Morgan fingerprint density at radius 2 is 1.51 bits per heavy atom. The molecule has 1 amide bonds. The quantitative estimate of drug-likeness (QED) is 0.209. The molecule has 8 nitrogen and oxygen atoms in total. The summed E-state index contributed by atoms with van der Waals surface area (Å²) in [7, 11) is 0. The van der Waals surface area contributed by atoms with Gasteiger partial charge in [0.2, 0.25) is 11.8 Å². The van der Waals surface area contributed by atoms with Gasteiger partial charge in [-0.25, -0.2) is 0 Å². The van der Waals surface area contributed by atoms with Gasteiger partial charge in [-0.05, 0) is 73.4 Å². The first-order valence-corrected chi connectivity index (χ1v) is 13.2. The number of nitrogens with one attached hydrogen (secondary N) is 2. The number of carbonyl (C=O) groups excluding carboxylic acids is 2. The molecule has 0 saturated carbocycles. The van der Waals surface area contributed by atoms with Gasteiger partial charge >= 0.3 is 5.97 Å². The van der Waals surface area contributed by atoms with Crippen LogP contribution in [0.1, 0.15) is 55.6 Å². The Labute approximate surface area is 228 Å². The maximum atomic E-state index is 12.4. The molecule has 3 aromatic carbocycles. The predicted molar refractivity (Wildman–Crippen MR) is 151 cm³/mol. The fraction of sp³-hybridized carbons (Fsp3) is 0.290. The molecule has 8 heteroatoms. The summed E-state index contributed by atoms with van der Waals surface area (Å²) in [6.45, 7) is 6.70. The Balaban J connectivity index is 1.40. The summed E-state index contributed by atoms with van der Waals surface area (Å²) in [4.78, 5) is 23.9. The van der Waals surface area contributed by atoms with Crippen LogP contribution in [0.25, 0.3) is 22.9 Å². The van der Waals surface area contributed by atoms with Crippen molar-refractivity contribution >= 4 is 17.6 Å². The van der Waals surface area contributed by atoms with E-state index < -0.39 is 0 Å². The first kappa shape index (κ1) is 27.6. The Morgan fingerprint density at radius 3 is 2.13 bits per heavy atom. The Hall–Kier alpha value is -4.46. The molecule has 1 aromatic heterocycles. The highest BCUT2D eigenvalue weighted by molar-refractivity contribution is 5.94. The molecule has 4 rings (SSSR count). The van der Waals surface area contributed by atoms with Gasteiger partial charge in [-0.15, -0.1) is 10.2 Å². The van der Waals surface area contributed by atoms with Crippen LogP contribution in [0.3, 0.4) is 0 Å². The highest BCUT2D eigenvalue weighted by Gasteiger charge is 2.16. The maximum absolute atomic E-state index is 12.4. The van der Waals surface area contributed by atoms with Crippen molar-refractivity contribution in [2.45, 2.75) is 39.7 Å². The monoisotopic (exact) mass is 526 g/mol. The van der Waals surface area contributed by atoms with Gasteiger partial charge in [0.05, 0.1) is 19.1 Å². The topological polar surface area (TPSA) is 106 Å². The summed E-state index contributed by atoms with van der Waals surface area (Å²) in [6.07, 6.45) is 1.07. The van der Waals surface area contributed by atoms with E-state index in [2.05, 4.69) is 46.8 Å². The number of anilines is 1. The summed E-state index contributed by atoms with van der Waals surface area (Å²) >= 11 is 0. The second-order valence-corrected chi connectivity index (χ2v) is 9.62. The van der Waals surface area contributed by atoms with E-state index in [1.54, 1.807) is 19.1 Å². The van der Waals surface area contributed by atoms with Crippen LogP contribution in [0, 0.1) is 5.92 Å². The zero-order chi connectivity index (χ0) is 27.6. The van der Waals surface area contributed by atoms with Gasteiger partial charge in [-0.2, -0.15) is 0 Å². The number of aromatic nitrogens is 2. The van der Waals surface area contributed by atoms with Crippen LogP contribution in [-0.4, -0.2) is 35.2 Å².